The number of nitrogens with zero attached hydrogens (tertiary/aromatic N) is 1. The fourth-order valence-corrected chi connectivity index (χ4v) is 1.90. The fourth-order valence-electron chi connectivity index (χ4n) is 1.90. The van der Waals surface area contributed by atoms with Crippen LogP contribution in [0.1, 0.15) is 26.7 Å². The Kier molecular flexibility index (Phi) is 4.13. The quantitative estimate of drug-likeness (QED) is 0.761. The first-order valence-electron chi connectivity index (χ1n) is 5.41. The fraction of sp³-hybridized carbons (Fsp3) is 0.800. The van der Waals surface area contributed by atoms with Crippen molar-refractivity contribution in [3.05, 3.63) is 0 Å². The Hall–Kier alpha value is -1.11. The van der Waals surface area contributed by atoms with Crippen molar-refractivity contribution in [3.63, 3.8) is 0 Å². The van der Waals surface area contributed by atoms with Crippen LogP contribution in [0.4, 0.5) is 13.2 Å². The Bertz CT molecular complexity index is 317. The van der Waals surface area contributed by atoms with Crippen LogP contribution in [0.2, 0.25) is 0 Å². The molecule has 1 aliphatic heterocycles. The molecular formula is C10H15F3N2O2. The molecule has 0 bridgehead atoms. The van der Waals surface area contributed by atoms with Crippen LogP contribution >= 0.6 is 0 Å². The highest BCUT2D eigenvalue weighted by molar-refractivity contribution is 6.05. The Labute approximate surface area is 97.1 Å². The van der Waals surface area contributed by atoms with Crippen molar-refractivity contribution in [3.8, 4) is 0 Å². The van der Waals surface area contributed by atoms with Crippen LogP contribution in [0.5, 0.6) is 0 Å². The van der Waals surface area contributed by atoms with Gasteiger partial charge in [-0.2, -0.15) is 13.2 Å². The summed E-state index contributed by atoms with van der Waals surface area (Å²) in [4.78, 5) is 24.0. The van der Waals surface area contributed by atoms with E-state index in [1.54, 1.807) is 6.92 Å². The number of hydrogen-bond acceptors (Lipinski definition) is 3. The highest BCUT2D eigenvalue weighted by Crippen LogP contribution is 2.22. The number of amides is 2. The number of imide groups is 1. The third-order valence-corrected chi connectivity index (χ3v) is 2.58. The second kappa shape index (κ2) is 5.03. The predicted molar refractivity (Wildman–Crippen MR) is 54.1 cm³/mol. The summed E-state index contributed by atoms with van der Waals surface area (Å²) in [5.41, 5.74) is 0. The van der Waals surface area contributed by atoms with Crippen LogP contribution < -0.4 is 5.32 Å². The SMILES string of the molecule is CCN1C(=O)CC(NC(C)CC(F)(F)F)C1=O. The molecule has 0 aliphatic carbocycles. The molecule has 1 rings (SSSR count). The molecular weight excluding hydrogens is 237 g/mol. The molecule has 0 spiro atoms. The summed E-state index contributed by atoms with van der Waals surface area (Å²) in [6.07, 6.45) is -5.35. The lowest BCUT2D eigenvalue weighted by Crippen LogP contribution is -2.44. The smallest absolute Gasteiger partial charge is 0.303 e. The van der Waals surface area contributed by atoms with Crippen molar-refractivity contribution in [1.29, 1.82) is 0 Å². The average Bonchev–Trinajstić information content (AvgIpc) is 2.38. The van der Waals surface area contributed by atoms with E-state index in [0.29, 0.717) is 0 Å². The van der Waals surface area contributed by atoms with Crippen molar-refractivity contribution in [2.45, 2.75) is 44.9 Å². The molecule has 2 unspecified atom stereocenters. The lowest BCUT2D eigenvalue weighted by Gasteiger charge is -2.19. The Balaban J connectivity index is 2.54. The molecule has 0 radical (unpaired) electrons. The minimum atomic E-state index is -4.28. The maximum Gasteiger partial charge on any atom is 0.390 e. The second-order valence-corrected chi connectivity index (χ2v) is 4.12. The van der Waals surface area contributed by atoms with Crippen molar-refractivity contribution in [1.82, 2.24) is 10.2 Å². The molecule has 98 valence electrons. The summed E-state index contributed by atoms with van der Waals surface area (Å²) >= 11 is 0. The van der Waals surface area contributed by atoms with Gasteiger partial charge in [-0.1, -0.05) is 0 Å². The van der Waals surface area contributed by atoms with Gasteiger partial charge in [-0.25, -0.2) is 0 Å². The zero-order valence-corrected chi connectivity index (χ0v) is 9.67. The van der Waals surface area contributed by atoms with Crippen LogP contribution in [0.25, 0.3) is 0 Å². The molecule has 17 heavy (non-hydrogen) atoms. The summed E-state index contributed by atoms with van der Waals surface area (Å²) in [7, 11) is 0. The number of halogens is 3. The minimum absolute atomic E-state index is 0.0606. The van der Waals surface area contributed by atoms with Crippen LogP contribution in [0.15, 0.2) is 0 Å². The average molecular weight is 252 g/mol. The van der Waals surface area contributed by atoms with Gasteiger partial charge in [-0.15, -0.1) is 0 Å². The van der Waals surface area contributed by atoms with Gasteiger partial charge in [0, 0.05) is 12.6 Å². The van der Waals surface area contributed by atoms with Crippen LogP contribution in [-0.2, 0) is 9.59 Å². The van der Waals surface area contributed by atoms with Gasteiger partial charge in [0.05, 0.1) is 18.9 Å². The van der Waals surface area contributed by atoms with E-state index in [-0.39, 0.29) is 18.9 Å². The molecule has 0 aromatic carbocycles. The first-order valence-corrected chi connectivity index (χ1v) is 5.41. The number of rotatable bonds is 4. The minimum Gasteiger partial charge on any atom is -0.303 e. The standard InChI is InChI=1S/C10H15F3N2O2/c1-3-15-8(16)4-7(9(15)17)14-6(2)5-10(11,12)13/h6-7,14H,3-5H2,1-2H3. The van der Waals surface area contributed by atoms with Crippen LogP contribution in [0, 0.1) is 0 Å². The van der Waals surface area contributed by atoms with E-state index in [1.807, 2.05) is 0 Å². The zero-order chi connectivity index (χ0) is 13.2. The Morgan fingerprint density at radius 2 is 2.06 bits per heavy atom. The van der Waals surface area contributed by atoms with Gasteiger partial charge in [-0.05, 0) is 13.8 Å². The van der Waals surface area contributed by atoms with Gasteiger partial charge in [0.1, 0.15) is 0 Å². The lowest BCUT2D eigenvalue weighted by atomic mass is 10.1. The van der Waals surface area contributed by atoms with E-state index in [9.17, 15) is 22.8 Å². The normalized spacial score (nSPS) is 23.4. The highest BCUT2D eigenvalue weighted by atomic mass is 19.4. The van der Waals surface area contributed by atoms with E-state index in [2.05, 4.69) is 5.32 Å². The molecule has 0 aromatic heterocycles. The molecule has 1 fully saturated rings. The summed E-state index contributed by atoms with van der Waals surface area (Å²) < 4.78 is 36.3. The number of carbonyl (C=O) groups excluding carboxylic acids is 2. The molecule has 1 N–H and O–H groups in total. The number of likely N-dealkylation sites (tertiary alicyclic amines) is 1. The van der Waals surface area contributed by atoms with Gasteiger partial charge in [0.15, 0.2) is 0 Å². The summed E-state index contributed by atoms with van der Waals surface area (Å²) in [5.74, 6) is -0.777. The van der Waals surface area contributed by atoms with E-state index in [1.165, 1.54) is 6.92 Å². The van der Waals surface area contributed by atoms with E-state index >= 15 is 0 Å². The molecule has 2 atom stereocenters. The first-order chi connectivity index (χ1) is 7.74. The number of likely N-dealkylation sites (N-methyl/N-ethyl adjacent to an activating group) is 1. The van der Waals surface area contributed by atoms with Gasteiger partial charge < -0.3 is 5.32 Å². The summed E-state index contributed by atoms with van der Waals surface area (Å²) in [5, 5.41) is 2.55. The van der Waals surface area contributed by atoms with Crippen LogP contribution in [-0.4, -0.2) is 41.5 Å². The molecule has 2 amide bonds. The van der Waals surface area contributed by atoms with E-state index < -0.39 is 30.6 Å². The number of hydrogen-bond donors (Lipinski definition) is 1. The lowest BCUT2D eigenvalue weighted by molar-refractivity contribution is -0.142. The number of alkyl halides is 3. The maximum absolute atomic E-state index is 12.1. The first kappa shape index (κ1) is 14.0. The highest BCUT2D eigenvalue weighted by Gasteiger charge is 2.39. The van der Waals surface area contributed by atoms with Gasteiger partial charge >= 0.3 is 6.18 Å². The molecule has 1 saturated heterocycles. The number of nitrogens with one attached hydrogen (secondary N) is 1. The van der Waals surface area contributed by atoms with Crippen molar-refractivity contribution >= 4 is 11.8 Å². The Morgan fingerprint density at radius 3 is 2.47 bits per heavy atom. The van der Waals surface area contributed by atoms with Crippen molar-refractivity contribution in [2.75, 3.05) is 6.54 Å². The van der Waals surface area contributed by atoms with Crippen LogP contribution in [0.3, 0.4) is 0 Å². The van der Waals surface area contributed by atoms with Gasteiger partial charge in [0.25, 0.3) is 0 Å². The zero-order valence-electron chi connectivity index (χ0n) is 9.67. The van der Waals surface area contributed by atoms with E-state index in [4.69, 9.17) is 0 Å². The molecule has 0 saturated carbocycles. The van der Waals surface area contributed by atoms with Gasteiger partial charge in [-0.3, -0.25) is 14.5 Å². The molecule has 0 aromatic rings. The summed E-state index contributed by atoms with van der Waals surface area (Å²) in [6, 6.07) is -1.70. The van der Waals surface area contributed by atoms with Crippen molar-refractivity contribution < 1.29 is 22.8 Å². The Morgan fingerprint density at radius 1 is 1.47 bits per heavy atom. The molecule has 1 heterocycles. The monoisotopic (exact) mass is 252 g/mol. The third-order valence-electron chi connectivity index (χ3n) is 2.58. The number of carbonyl (C=O) groups is 2. The van der Waals surface area contributed by atoms with Crippen molar-refractivity contribution in [2.24, 2.45) is 0 Å². The maximum atomic E-state index is 12.1. The topological polar surface area (TPSA) is 49.4 Å². The largest absolute Gasteiger partial charge is 0.390 e. The molecule has 1 aliphatic rings. The molecule has 4 nitrogen and oxygen atoms in total. The van der Waals surface area contributed by atoms with E-state index in [0.717, 1.165) is 4.90 Å². The third kappa shape index (κ3) is 3.69. The molecule has 7 heteroatoms. The second-order valence-electron chi connectivity index (χ2n) is 4.12. The predicted octanol–water partition coefficient (Wildman–Crippen LogP) is 1.06. The van der Waals surface area contributed by atoms with Gasteiger partial charge in [0.2, 0.25) is 11.8 Å². The summed E-state index contributed by atoms with van der Waals surface area (Å²) in [6.45, 7) is 3.25.